The van der Waals surface area contributed by atoms with Crippen LogP contribution in [0.4, 0.5) is 10.5 Å². The molecule has 1 aromatic rings. The van der Waals surface area contributed by atoms with E-state index in [-0.39, 0.29) is 6.03 Å². The van der Waals surface area contributed by atoms with Crippen LogP contribution >= 0.6 is 35.0 Å². The van der Waals surface area contributed by atoms with Gasteiger partial charge >= 0.3 is 6.03 Å². The molecule has 2 aliphatic heterocycles. The first-order valence-electron chi connectivity index (χ1n) is 9.43. The van der Waals surface area contributed by atoms with Gasteiger partial charge in [-0.3, -0.25) is 4.90 Å². The fraction of sp³-hybridized carbons (Fsp3) is 0.632. The van der Waals surface area contributed by atoms with E-state index in [9.17, 15) is 4.79 Å². The first-order valence-corrected chi connectivity index (χ1v) is 11.3. The minimum absolute atomic E-state index is 0.0543. The molecule has 3 rings (SSSR count). The summed E-state index contributed by atoms with van der Waals surface area (Å²) >= 11 is 14.0. The number of benzene rings is 1. The number of carbonyl (C=O) groups excluding carboxylic acids is 1. The van der Waals surface area contributed by atoms with E-state index in [4.69, 9.17) is 23.2 Å². The Morgan fingerprint density at radius 3 is 2.65 bits per heavy atom. The Bertz CT molecular complexity index is 623. The molecule has 1 aromatic carbocycles. The van der Waals surface area contributed by atoms with Gasteiger partial charge in [0.15, 0.2) is 0 Å². The molecule has 0 saturated carbocycles. The lowest BCUT2D eigenvalue weighted by Crippen LogP contribution is -2.49. The number of halogens is 2. The average molecular weight is 416 g/mol. The maximum absolute atomic E-state index is 12.5. The van der Waals surface area contributed by atoms with Gasteiger partial charge in [-0.2, -0.15) is 11.8 Å². The van der Waals surface area contributed by atoms with Gasteiger partial charge < -0.3 is 10.2 Å². The summed E-state index contributed by atoms with van der Waals surface area (Å²) in [6.07, 6.45) is 4.75. The second-order valence-electron chi connectivity index (χ2n) is 6.97. The molecule has 144 valence electrons. The molecule has 0 aromatic heterocycles. The van der Waals surface area contributed by atoms with Crippen molar-refractivity contribution in [2.45, 2.75) is 44.7 Å². The highest BCUT2D eigenvalue weighted by Gasteiger charge is 2.33. The number of hydrogen-bond donors (Lipinski definition) is 1. The van der Waals surface area contributed by atoms with Crippen molar-refractivity contribution in [1.82, 2.24) is 9.80 Å². The number of rotatable bonds is 5. The summed E-state index contributed by atoms with van der Waals surface area (Å²) in [5, 5.41) is 3.87. The van der Waals surface area contributed by atoms with Crippen molar-refractivity contribution in [2.75, 3.05) is 36.5 Å². The van der Waals surface area contributed by atoms with Crippen LogP contribution in [0.2, 0.25) is 10.0 Å². The molecule has 7 heteroatoms. The number of thioether (sulfide) groups is 1. The fourth-order valence-corrected chi connectivity index (χ4v) is 5.11. The third-order valence-electron chi connectivity index (χ3n) is 5.33. The van der Waals surface area contributed by atoms with Gasteiger partial charge in [0.1, 0.15) is 0 Å². The number of carbonyl (C=O) groups is 1. The Kier molecular flexibility index (Phi) is 7.38. The van der Waals surface area contributed by atoms with Gasteiger partial charge in [0, 0.05) is 36.6 Å². The molecule has 26 heavy (non-hydrogen) atoms. The first-order chi connectivity index (χ1) is 12.6. The van der Waals surface area contributed by atoms with Crippen LogP contribution < -0.4 is 5.32 Å². The molecule has 1 N–H and O–H groups in total. The summed E-state index contributed by atoms with van der Waals surface area (Å²) in [6, 6.07) is 6.46. The van der Waals surface area contributed by atoms with Gasteiger partial charge in [-0.05, 0) is 56.2 Å². The minimum Gasteiger partial charge on any atom is -0.324 e. The SMILES string of the molecule is CCSC[C@@H]1CCCN1C1CCN(C(=O)Nc2ccc(Cl)c(Cl)c2)CC1. The van der Waals surface area contributed by atoms with E-state index >= 15 is 0 Å². The van der Waals surface area contributed by atoms with Crippen LogP contribution in [0.15, 0.2) is 18.2 Å². The van der Waals surface area contributed by atoms with Gasteiger partial charge in [0.2, 0.25) is 0 Å². The standard InChI is InChI=1S/C19H27Cl2N3OS/c1-2-26-13-16-4-3-9-24(16)15-7-10-23(11-8-15)19(25)22-14-5-6-17(20)18(21)12-14/h5-6,12,15-16H,2-4,7-11,13H2,1H3,(H,22,25)/t16-/m0/s1. The summed E-state index contributed by atoms with van der Waals surface area (Å²) in [5.41, 5.74) is 0.683. The molecule has 2 saturated heterocycles. The van der Waals surface area contributed by atoms with Crippen LogP contribution in [-0.2, 0) is 0 Å². The highest BCUT2D eigenvalue weighted by molar-refractivity contribution is 7.99. The zero-order valence-corrected chi connectivity index (χ0v) is 17.5. The molecule has 0 spiro atoms. The highest BCUT2D eigenvalue weighted by atomic mass is 35.5. The maximum atomic E-state index is 12.5. The number of nitrogens with zero attached hydrogens (tertiary/aromatic N) is 2. The first kappa shape index (κ1) is 20.1. The lowest BCUT2D eigenvalue weighted by atomic mass is 10.0. The van der Waals surface area contributed by atoms with Crippen LogP contribution in [-0.4, -0.2) is 59.1 Å². The Balaban J connectivity index is 1.49. The summed E-state index contributed by atoms with van der Waals surface area (Å²) in [6.45, 7) is 5.06. The summed E-state index contributed by atoms with van der Waals surface area (Å²) in [4.78, 5) is 17.1. The Morgan fingerprint density at radius 2 is 1.96 bits per heavy atom. The predicted molar refractivity (Wildman–Crippen MR) is 113 cm³/mol. The molecule has 2 aliphatic rings. The molecule has 4 nitrogen and oxygen atoms in total. The summed E-state index contributed by atoms with van der Waals surface area (Å²) in [5.74, 6) is 2.44. The van der Waals surface area contributed by atoms with Crippen molar-refractivity contribution in [3.63, 3.8) is 0 Å². The normalized spacial score (nSPS) is 22.0. The molecule has 2 amide bonds. The number of amides is 2. The number of hydrogen-bond acceptors (Lipinski definition) is 3. The smallest absolute Gasteiger partial charge is 0.321 e. The van der Waals surface area contributed by atoms with Crippen LogP contribution in [0.5, 0.6) is 0 Å². The van der Waals surface area contributed by atoms with Crippen molar-refractivity contribution in [1.29, 1.82) is 0 Å². The lowest BCUT2D eigenvalue weighted by molar-refractivity contribution is 0.118. The third kappa shape index (κ3) is 5.00. The van der Waals surface area contributed by atoms with Crippen LogP contribution in [0.1, 0.15) is 32.6 Å². The van der Waals surface area contributed by atoms with Gasteiger partial charge in [0.05, 0.1) is 10.0 Å². The van der Waals surface area contributed by atoms with E-state index in [1.807, 2.05) is 16.7 Å². The van der Waals surface area contributed by atoms with E-state index in [2.05, 4.69) is 17.1 Å². The predicted octanol–water partition coefficient (Wildman–Crippen LogP) is 5.21. The lowest BCUT2D eigenvalue weighted by Gasteiger charge is -2.39. The number of likely N-dealkylation sites (tertiary alicyclic amines) is 2. The molecule has 2 heterocycles. The van der Waals surface area contributed by atoms with E-state index < -0.39 is 0 Å². The quantitative estimate of drug-likeness (QED) is 0.716. The van der Waals surface area contributed by atoms with Crippen LogP contribution in [0.25, 0.3) is 0 Å². The molecular weight excluding hydrogens is 389 g/mol. The van der Waals surface area contributed by atoms with E-state index in [1.165, 1.54) is 30.9 Å². The molecule has 0 bridgehead atoms. The van der Waals surface area contributed by atoms with E-state index in [0.717, 1.165) is 32.0 Å². The molecule has 1 atom stereocenters. The van der Waals surface area contributed by atoms with Gasteiger partial charge in [-0.1, -0.05) is 30.1 Å². The van der Waals surface area contributed by atoms with Crippen LogP contribution in [0, 0.1) is 0 Å². The van der Waals surface area contributed by atoms with Gasteiger partial charge in [-0.15, -0.1) is 0 Å². The van der Waals surface area contributed by atoms with Crippen molar-refractivity contribution in [3.8, 4) is 0 Å². The largest absolute Gasteiger partial charge is 0.324 e. The molecule has 0 unspecified atom stereocenters. The van der Waals surface area contributed by atoms with Crippen molar-refractivity contribution < 1.29 is 4.79 Å². The third-order valence-corrected chi connectivity index (χ3v) is 7.10. The van der Waals surface area contributed by atoms with Crippen molar-refractivity contribution >= 4 is 46.7 Å². The Morgan fingerprint density at radius 1 is 1.19 bits per heavy atom. The fourth-order valence-electron chi connectivity index (χ4n) is 3.95. The van der Waals surface area contributed by atoms with Crippen molar-refractivity contribution in [3.05, 3.63) is 28.2 Å². The van der Waals surface area contributed by atoms with E-state index in [1.54, 1.807) is 18.2 Å². The number of nitrogens with one attached hydrogen (secondary N) is 1. The van der Waals surface area contributed by atoms with Gasteiger partial charge in [-0.25, -0.2) is 4.79 Å². The highest BCUT2D eigenvalue weighted by Crippen LogP contribution is 2.29. The van der Waals surface area contributed by atoms with Crippen molar-refractivity contribution in [2.24, 2.45) is 0 Å². The molecule has 0 radical (unpaired) electrons. The minimum atomic E-state index is -0.0543. The number of piperidine rings is 1. The average Bonchev–Trinajstić information content (AvgIpc) is 3.11. The second kappa shape index (κ2) is 9.54. The topological polar surface area (TPSA) is 35.6 Å². The van der Waals surface area contributed by atoms with Gasteiger partial charge in [0.25, 0.3) is 0 Å². The van der Waals surface area contributed by atoms with Crippen LogP contribution in [0.3, 0.4) is 0 Å². The zero-order valence-electron chi connectivity index (χ0n) is 15.2. The summed E-state index contributed by atoms with van der Waals surface area (Å²) < 4.78 is 0. The number of urea groups is 1. The molecular formula is C19H27Cl2N3OS. The molecule has 0 aliphatic carbocycles. The molecule has 2 fully saturated rings. The number of anilines is 1. The monoisotopic (exact) mass is 415 g/mol. The Hall–Kier alpha value is -0.620. The second-order valence-corrected chi connectivity index (χ2v) is 9.10. The zero-order chi connectivity index (χ0) is 18.5. The Labute approximate surface area is 170 Å². The van der Waals surface area contributed by atoms with E-state index in [0.29, 0.717) is 21.8 Å². The maximum Gasteiger partial charge on any atom is 0.321 e. The summed E-state index contributed by atoms with van der Waals surface area (Å²) in [7, 11) is 0.